The molecule has 0 radical (unpaired) electrons. The second-order valence-electron chi connectivity index (χ2n) is 3.52. The van der Waals surface area contributed by atoms with Gasteiger partial charge in [-0.2, -0.15) is 5.26 Å². The summed E-state index contributed by atoms with van der Waals surface area (Å²) in [5, 5.41) is 17.5. The molecule has 1 N–H and O–H groups in total. The average molecular weight is 258 g/mol. The first-order valence-corrected chi connectivity index (χ1v) is 5.17. The number of carboxylic acids is 1. The van der Waals surface area contributed by atoms with Crippen LogP contribution < -0.4 is 4.74 Å². The number of benzene rings is 1. The van der Waals surface area contributed by atoms with Gasteiger partial charge in [0.2, 0.25) is 5.88 Å². The monoisotopic (exact) mass is 258 g/mol. The maximum atomic E-state index is 13.3. The van der Waals surface area contributed by atoms with Crippen LogP contribution in [0.4, 0.5) is 4.39 Å². The van der Waals surface area contributed by atoms with Crippen LogP contribution in [0, 0.1) is 17.1 Å². The van der Waals surface area contributed by atoms with Crippen molar-refractivity contribution < 1.29 is 19.0 Å². The molecule has 0 atom stereocenters. The van der Waals surface area contributed by atoms with E-state index in [2.05, 4.69) is 4.98 Å². The van der Waals surface area contributed by atoms with E-state index >= 15 is 0 Å². The lowest BCUT2D eigenvalue weighted by atomic mass is 10.2. The maximum absolute atomic E-state index is 13.3. The van der Waals surface area contributed by atoms with Gasteiger partial charge < -0.3 is 9.84 Å². The van der Waals surface area contributed by atoms with E-state index in [9.17, 15) is 9.18 Å². The number of carboxylic acid groups (broad SMARTS) is 1. The molecule has 0 spiro atoms. The zero-order valence-corrected chi connectivity index (χ0v) is 9.50. The highest BCUT2D eigenvalue weighted by Gasteiger charge is 2.11. The third-order valence-corrected chi connectivity index (χ3v) is 2.29. The first kappa shape index (κ1) is 12.5. The van der Waals surface area contributed by atoms with Crippen LogP contribution in [0.3, 0.4) is 0 Å². The van der Waals surface area contributed by atoms with E-state index in [-0.39, 0.29) is 22.8 Å². The van der Waals surface area contributed by atoms with Gasteiger partial charge in [0.15, 0.2) is 0 Å². The van der Waals surface area contributed by atoms with Crippen LogP contribution in [0.25, 0.3) is 0 Å². The molecule has 94 valence electrons. The van der Waals surface area contributed by atoms with Crippen LogP contribution in [0.5, 0.6) is 11.6 Å². The highest BCUT2D eigenvalue weighted by Crippen LogP contribution is 2.25. The minimum absolute atomic E-state index is 0.00657. The summed E-state index contributed by atoms with van der Waals surface area (Å²) >= 11 is 0. The van der Waals surface area contributed by atoms with Crippen LogP contribution in [0.15, 0.2) is 36.5 Å². The molecule has 0 aliphatic rings. The molecule has 1 aromatic heterocycles. The van der Waals surface area contributed by atoms with Crippen molar-refractivity contribution in [3.05, 3.63) is 53.5 Å². The molecule has 0 aliphatic carbocycles. The van der Waals surface area contributed by atoms with Crippen molar-refractivity contribution in [2.45, 2.75) is 0 Å². The van der Waals surface area contributed by atoms with E-state index in [0.717, 1.165) is 12.3 Å². The quantitative estimate of drug-likeness (QED) is 0.914. The van der Waals surface area contributed by atoms with Crippen molar-refractivity contribution in [1.29, 1.82) is 5.26 Å². The minimum Gasteiger partial charge on any atom is -0.478 e. The van der Waals surface area contributed by atoms with E-state index in [0.29, 0.717) is 0 Å². The van der Waals surface area contributed by atoms with Crippen molar-refractivity contribution >= 4 is 5.97 Å². The average Bonchev–Trinajstić information content (AvgIpc) is 2.39. The Morgan fingerprint density at radius 3 is 2.74 bits per heavy atom. The van der Waals surface area contributed by atoms with E-state index in [1.807, 2.05) is 0 Å². The van der Waals surface area contributed by atoms with Crippen molar-refractivity contribution in [2.75, 3.05) is 0 Å². The summed E-state index contributed by atoms with van der Waals surface area (Å²) in [5.74, 6) is -1.70. The van der Waals surface area contributed by atoms with Crippen molar-refractivity contribution in [3.8, 4) is 17.7 Å². The van der Waals surface area contributed by atoms with Crippen LogP contribution in [-0.4, -0.2) is 16.1 Å². The van der Waals surface area contributed by atoms with E-state index in [1.54, 1.807) is 6.07 Å². The van der Waals surface area contributed by atoms with Gasteiger partial charge in [-0.1, -0.05) is 6.07 Å². The van der Waals surface area contributed by atoms with Gasteiger partial charge in [0, 0.05) is 12.3 Å². The van der Waals surface area contributed by atoms with Gasteiger partial charge in [-0.3, -0.25) is 0 Å². The number of carbonyl (C=O) groups is 1. The second kappa shape index (κ2) is 5.14. The Labute approximate surface area is 107 Å². The number of hydrogen-bond acceptors (Lipinski definition) is 4. The predicted molar refractivity (Wildman–Crippen MR) is 62.4 cm³/mol. The van der Waals surface area contributed by atoms with Gasteiger partial charge in [0.25, 0.3) is 0 Å². The van der Waals surface area contributed by atoms with Gasteiger partial charge >= 0.3 is 5.97 Å². The summed E-state index contributed by atoms with van der Waals surface area (Å²) in [7, 11) is 0. The van der Waals surface area contributed by atoms with E-state index in [1.165, 1.54) is 24.3 Å². The number of aromatic nitrogens is 1. The SMILES string of the molecule is N#Cc1c(F)cccc1Oc1ccc(C(=O)O)cn1. The molecule has 19 heavy (non-hydrogen) atoms. The Hall–Kier alpha value is -2.94. The maximum Gasteiger partial charge on any atom is 0.337 e. The third-order valence-electron chi connectivity index (χ3n) is 2.29. The standard InChI is InChI=1S/C13H7FN2O3/c14-10-2-1-3-11(9(10)6-15)19-12-5-4-8(7-16-12)13(17)18/h1-5,7H,(H,17,18). The van der Waals surface area contributed by atoms with E-state index in [4.69, 9.17) is 15.1 Å². The summed E-state index contributed by atoms with van der Waals surface area (Å²) in [6.45, 7) is 0. The molecule has 2 aromatic rings. The normalized spacial score (nSPS) is 9.68. The highest BCUT2D eigenvalue weighted by atomic mass is 19.1. The molecule has 0 saturated carbocycles. The van der Waals surface area contributed by atoms with Gasteiger partial charge in [-0.15, -0.1) is 0 Å². The Bertz CT molecular complexity index is 663. The summed E-state index contributed by atoms with van der Waals surface area (Å²) in [6.07, 6.45) is 1.11. The molecule has 0 aliphatic heterocycles. The summed E-state index contributed by atoms with van der Waals surface area (Å²) in [5.41, 5.74) is -0.223. The van der Waals surface area contributed by atoms with Crippen LogP contribution in [-0.2, 0) is 0 Å². The lowest BCUT2D eigenvalue weighted by Gasteiger charge is -2.06. The molecule has 0 unspecified atom stereocenters. The molecule has 6 heteroatoms. The number of nitriles is 1. The zero-order valence-electron chi connectivity index (χ0n) is 9.50. The number of pyridine rings is 1. The fourth-order valence-corrected chi connectivity index (χ4v) is 1.38. The molecule has 0 bridgehead atoms. The zero-order chi connectivity index (χ0) is 13.8. The fraction of sp³-hybridized carbons (Fsp3) is 0. The molecular weight excluding hydrogens is 251 g/mol. The minimum atomic E-state index is -1.11. The van der Waals surface area contributed by atoms with Crippen molar-refractivity contribution in [2.24, 2.45) is 0 Å². The number of ether oxygens (including phenoxy) is 1. The molecule has 5 nitrogen and oxygen atoms in total. The summed E-state index contributed by atoms with van der Waals surface area (Å²) in [4.78, 5) is 14.4. The highest BCUT2D eigenvalue weighted by molar-refractivity contribution is 5.87. The van der Waals surface area contributed by atoms with Gasteiger partial charge in [0.1, 0.15) is 23.2 Å². The molecule has 0 saturated heterocycles. The topological polar surface area (TPSA) is 83.2 Å². The summed E-state index contributed by atoms with van der Waals surface area (Å²) < 4.78 is 18.6. The van der Waals surface area contributed by atoms with Crippen molar-refractivity contribution in [3.63, 3.8) is 0 Å². The van der Waals surface area contributed by atoms with Crippen molar-refractivity contribution in [1.82, 2.24) is 4.98 Å². The Morgan fingerprint density at radius 1 is 1.37 bits per heavy atom. The van der Waals surface area contributed by atoms with Crippen LogP contribution >= 0.6 is 0 Å². The Kier molecular flexibility index (Phi) is 3.39. The number of hydrogen-bond donors (Lipinski definition) is 1. The summed E-state index contributed by atoms with van der Waals surface area (Å²) in [6, 6.07) is 8.29. The largest absolute Gasteiger partial charge is 0.478 e. The predicted octanol–water partition coefficient (Wildman–Crippen LogP) is 2.58. The molecule has 0 fully saturated rings. The Morgan fingerprint density at radius 2 is 2.16 bits per heavy atom. The smallest absolute Gasteiger partial charge is 0.337 e. The Balaban J connectivity index is 2.29. The number of nitrogens with zero attached hydrogens (tertiary/aromatic N) is 2. The lowest BCUT2D eigenvalue weighted by Crippen LogP contribution is -1.98. The molecule has 2 rings (SSSR count). The number of rotatable bonds is 3. The first-order chi connectivity index (χ1) is 9.11. The first-order valence-electron chi connectivity index (χ1n) is 5.17. The van der Waals surface area contributed by atoms with Crippen LogP contribution in [0.2, 0.25) is 0 Å². The van der Waals surface area contributed by atoms with Gasteiger partial charge in [-0.25, -0.2) is 14.2 Å². The van der Waals surface area contributed by atoms with E-state index < -0.39 is 11.8 Å². The van der Waals surface area contributed by atoms with Gasteiger partial charge in [0.05, 0.1) is 5.56 Å². The lowest BCUT2D eigenvalue weighted by molar-refractivity contribution is 0.0696. The second-order valence-corrected chi connectivity index (χ2v) is 3.52. The fourth-order valence-electron chi connectivity index (χ4n) is 1.38. The number of halogens is 1. The molecule has 0 amide bonds. The molecular formula is C13H7FN2O3. The molecule has 1 heterocycles. The van der Waals surface area contributed by atoms with Gasteiger partial charge in [-0.05, 0) is 18.2 Å². The third kappa shape index (κ3) is 2.66. The van der Waals surface area contributed by atoms with Crippen LogP contribution in [0.1, 0.15) is 15.9 Å². The number of aromatic carboxylic acids is 1. The molecule has 1 aromatic carbocycles.